The Balaban J connectivity index is 2.86. The van der Waals surface area contributed by atoms with Crippen LogP contribution >= 0.6 is 0 Å². The predicted octanol–water partition coefficient (Wildman–Crippen LogP) is -1.54. The fourth-order valence-electron chi connectivity index (χ4n) is 1.28. The van der Waals surface area contributed by atoms with Gasteiger partial charge in [-0.25, -0.2) is 19.8 Å². The molecule has 0 aliphatic carbocycles. The number of rotatable bonds is 1. The van der Waals surface area contributed by atoms with Crippen molar-refractivity contribution in [3.8, 4) is 11.9 Å². The number of nitrogens with zero attached hydrogens (tertiary/aromatic N) is 4. The summed E-state index contributed by atoms with van der Waals surface area (Å²) in [5.74, 6) is 0.144. The maximum absolute atomic E-state index is 11.3. The van der Waals surface area contributed by atoms with Gasteiger partial charge in [-0.15, -0.1) is 0 Å². The normalized spacial score (nSPS) is 10.1. The van der Waals surface area contributed by atoms with Crippen molar-refractivity contribution in [1.82, 2.24) is 24.5 Å². The molecule has 0 aliphatic heterocycles. The minimum atomic E-state index is -0.639. The van der Waals surface area contributed by atoms with Crippen LogP contribution < -0.4 is 11.4 Å². The zero-order valence-electron chi connectivity index (χ0n) is 7.68. The van der Waals surface area contributed by atoms with Gasteiger partial charge < -0.3 is 0 Å². The summed E-state index contributed by atoms with van der Waals surface area (Å²) >= 11 is 0. The van der Waals surface area contributed by atoms with Crippen molar-refractivity contribution in [3.05, 3.63) is 32.7 Å². The Morgan fingerprint density at radius 1 is 1.40 bits per heavy atom. The molecule has 0 unspecified atom stereocenters. The number of hydrogen-bond donors (Lipinski definition) is 2. The van der Waals surface area contributed by atoms with E-state index in [0.717, 1.165) is 4.57 Å². The highest BCUT2D eigenvalue weighted by atomic mass is 16.2. The maximum atomic E-state index is 11.3. The molecule has 0 atom stereocenters. The van der Waals surface area contributed by atoms with Gasteiger partial charge in [0.1, 0.15) is 11.6 Å². The van der Waals surface area contributed by atoms with Gasteiger partial charge in [-0.2, -0.15) is 14.9 Å². The smallest absolute Gasteiger partial charge is 0.251 e. The molecule has 0 aliphatic rings. The zero-order valence-corrected chi connectivity index (χ0v) is 7.68. The summed E-state index contributed by atoms with van der Waals surface area (Å²) in [4.78, 5) is 22.6. The van der Waals surface area contributed by atoms with E-state index in [1.807, 2.05) is 6.07 Å². The first kappa shape index (κ1) is 9.01. The molecular weight excluding hydrogens is 200 g/mol. The van der Waals surface area contributed by atoms with E-state index in [0.29, 0.717) is 0 Å². The average molecular weight is 206 g/mol. The van der Waals surface area contributed by atoms with Gasteiger partial charge in [0.15, 0.2) is 5.82 Å². The van der Waals surface area contributed by atoms with Gasteiger partial charge in [0.25, 0.3) is 0 Å². The molecule has 0 amide bonds. The van der Waals surface area contributed by atoms with Gasteiger partial charge in [0.2, 0.25) is 0 Å². The third kappa shape index (κ3) is 1.18. The van der Waals surface area contributed by atoms with Crippen LogP contribution in [0.1, 0.15) is 5.56 Å². The zero-order chi connectivity index (χ0) is 11.0. The first-order valence-corrected chi connectivity index (χ1v) is 3.97. The summed E-state index contributed by atoms with van der Waals surface area (Å²) in [6.07, 6.45) is 1.29. The Morgan fingerprint density at radius 3 is 2.53 bits per heavy atom. The minimum absolute atomic E-state index is 0.144. The molecule has 0 spiro atoms. The first-order valence-electron chi connectivity index (χ1n) is 3.97. The van der Waals surface area contributed by atoms with E-state index < -0.39 is 11.4 Å². The molecule has 15 heavy (non-hydrogen) atoms. The number of aromatic amines is 2. The van der Waals surface area contributed by atoms with Crippen LogP contribution in [0.4, 0.5) is 0 Å². The van der Waals surface area contributed by atoms with Crippen molar-refractivity contribution in [2.75, 3.05) is 0 Å². The van der Waals surface area contributed by atoms with Crippen LogP contribution in [0.2, 0.25) is 0 Å². The van der Waals surface area contributed by atoms with Crippen molar-refractivity contribution in [1.29, 1.82) is 5.26 Å². The summed E-state index contributed by atoms with van der Waals surface area (Å²) in [7, 11) is 1.54. The molecule has 0 saturated heterocycles. The molecule has 8 nitrogen and oxygen atoms in total. The second kappa shape index (κ2) is 2.98. The molecule has 0 aromatic carbocycles. The minimum Gasteiger partial charge on any atom is -0.251 e. The molecule has 0 fully saturated rings. The van der Waals surface area contributed by atoms with E-state index in [2.05, 4.69) is 15.3 Å². The fourth-order valence-corrected chi connectivity index (χ4v) is 1.28. The van der Waals surface area contributed by atoms with Gasteiger partial charge in [-0.1, -0.05) is 0 Å². The Kier molecular flexibility index (Phi) is 1.79. The van der Waals surface area contributed by atoms with Crippen LogP contribution in [0, 0.1) is 11.3 Å². The van der Waals surface area contributed by atoms with Crippen LogP contribution in [0.5, 0.6) is 0 Å². The van der Waals surface area contributed by atoms with Crippen LogP contribution in [0.15, 0.2) is 15.8 Å². The van der Waals surface area contributed by atoms with Gasteiger partial charge in [-0.3, -0.25) is 4.68 Å². The lowest BCUT2D eigenvalue weighted by Crippen LogP contribution is -2.27. The molecule has 2 N–H and O–H groups in total. The van der Waals surface area contributed by atoms with Crippen molar-refractivity contribution < 1.29 is 0 Å². The molecule has 0 saturated carbocycles. The highest BCUT2D eigenvalue weighted by Gasteiger charge is 2.15. The second-order valence-corrected chi connectivity index (χ2v) is 2.81. The highest BCUT2D eigenvalue weighted by molar-refractivity contribution is 5.42. The van der Waals surface area contributed by atoms with E-state index in [1.165, 1.54) is 17.9 Å². The molecule has 76 valence electrons. The fraction of sp³-hybridized carbons (Fsp3) is 0.143. The number of nitrogens with one attached hydrogen (secondary N) is 2. The predicted molar refractivity (Wildman–Crippen MR) is 48.5 cm³/mol. The number of aryl methyl sites for hydroxylation is 1. The van der Waals surface area contributed by atoms with Crippen molar-refractivity contribution in [2.24, 2.45) is 7.05 Å². The lowest BCUT2D eigenvalue weighted by Gasteiger charge is -1.99. The van der Waals surface area contributed by atoms with E-state index in [-0.39, 0.29) is 11.4 Å². The number of nitriles is 1. The summed E-state index contributed by atoms with van der Waals surface area (Å²) in [5.41, 5.74) is -1.12. The van der Waals surface area contributed by atoms with Gasteiger partial charge in [0, 0.05) is 7.05 Å². The summed E-state index contributed by atoms with van der Waals surface area (Å²) in [6, 6.07) is 1.85. The van der Waals surface area contributed by atoms with Crippen molar-refractivity contribution in [2.45, 2.75) is 0 Å². The highest BCUT2D eigenvalue weighted by Crippen LogP contribution is 2.07. The summed E-state index contributed by atoms with van der Waals surface area (Å²) in [6.45, 7) is 0. The summed E-state index contributed by atoms with van der Waals surface area (Å²) < 4.78 is 2.09. The van der Waals surface area contributed by atoms with Crippen LogP contribution in [-0.4, -0.2) is 24.5 Å². The van der Waals surface area contributed by atoms with Gasteiger partial charge in [-0.05, 0) is 0 Å². The quantitative estimate of drug-likeness (QED) is 0.588. The molecule has 0 radical (unpaired) electrons. The van der Waals surface area contributed by atoms with E-state index >= 15 is 0 Å². The Bertz CT molecular complexity index is 621. The average Bonchev–Trinajstić information content (AvgIpc) is 2.71. The Labute approximate surface area is 82.4 Å². The maximum Gasteiger partial charge on any atom is 0.350 e. The molecule has 2 rings (SSSR count). The molecule has 2 heterocycles. The van der Waals surface area contributed by atoms with Crippen LogP contribution in [0.25, 0.3) is 5.82 Å². The Morgan fingerprint density at radius 2 is 2.00 bits per heavy atom. The Hall–Kier alpha value is -2.56. The standard InChI is InChI=1S/C7H6N6O2/c1-12-5(4(2-8)3-9-12)13-6(14)10-11-7(13)15/h3H,1H3,(H,10,14)(H,11,15). The molecular formula is C7H6N6O2. The number of hydrogen-bond acceptors (Lipinski definition) is 4. The van der Waals surface area contributed by atoms with Crippen molar-refractivity contribution >= 4 is 0 Å². The van der Waals surface area contributed by atoms with E-state index in [1.54, 1.807) is 0 Å². The largest absolute Gasteiger partial charge is 0.350 e. The lowest BCUT2D eigenvalue weighted by molar-refractivity contribution is 0.714. The SMILES string of the molecule is Cn1ncc(C#N)c1-n1c(=O)[nH][nH]c1=O. The number of aromatic nitrogens is 5. The van der Waals surface area contributed by atoms with Crippen molar-refractivity contribution in [3.63, 3.8) is 0 Å². The topological polar surface area (TPSA) is 112 Å². The van der Waals surface area contributed by atoms with E-state index in [4.69, 9.17) is 5.26 Å². The molecule has 8 heteroatoms. The lowest BCUT2D eigenvalue weighted by atomic mass is 10.3. The molecule has 0 bridgehead atoms. The third-order valence-electron chi connectivity index (χ3n) is 1.92. The van der Waals surface area contributed by atoms with E-state index in [9.17, 15) is 9.59 Å². The van der Waals surface area contributed by atoms with Gasteiger partial charge >= 0.3 is 11.4 Å². The molecule has 2 aromatic rings. The van der Waals surface area contributed by atoms with Gasteiger partial charge in [0.05, 0.1) is 6.20 Å². The second-order valence-electron chi connectivity index (χ2n) is 2.81. The summed E-state index contributed by atoms with van der Waals surface area (Å²) in [5, 5.41) is 16.8. The van der Waals surface area contributed by atoms with Crippen LogP contribution in [-0.2, 0) is 7.05 Å². The van der Waals surface area contributed by atoms with Crippen LogP contribution in [0.3, 0.4) is 0 Å². The number of H-pyrrole nitrogens is 2. The molecule has 2 aromatic heterocycles. The third-order valence-corrected chi connectivity index (χ3v) is 1.92. The monoisotopic (exact) mass is 206 g/mol. The first-order chi connectivity index (χ1) is 7.15.